The zero-order valence-corrected chi connectivity index (χ0v) is 15.1. The van der Waals surface area contributed by atoms with Crippen molar-refractivity contribution in [1.29, 1.82) is 0 Å². The molecule has 0 nitrogen and oxygen atoms in total. The van der Waals surface area contributed by atoms with E-state index in [1.54, 1.807) is 22.3 Å². The number of rotatable bonds is 2. The predicted molar refractivity (Wildman–Crippen MR) is 104 cm³/mol. The van der Waals surface area contributed by atoms with Crippen LogP contribution in [0.4, 0.5) is 0 Å². The van der Waals surface area contributed by atoms with Gasteiger partial charge >= 0.3 is 0 Å². The van der Waals surface area contributed by atoms with Gasteiger partial charge in [-0.05, 0) is 46.4 Å². The molecule has 0 heteroatoms. The first-order chi connectivity index (χ1) is 12.8. The SMILES string of the molecule is C[C@]12Cc3ccccc3[C@@H]3C[C@]4(c5ccccc5)[C@@]1(c1ccccc1)[C@]324. The van der Waals surface area contributed by atoms with Crippen LogP contribution in [-0.4, -0.2) is 0 Å². The van der Waals surface area contributed by atoms with Crippen molar-refractivity contribution in [3.8, 4) is 0 Å². The first-order valence-electron chi connectivity index (χ1n) is 9.94. The van der Waals surface area contributed by atoms with Crippen molar-refractivity contribution >= 4 is 0 Å². The minimum absolute atomic E-state index is 0.333. The van der Waals surface area contributed by atoms with Gasteiger partial charge in [-0.25, -0.2) is 0 Å². The van der Waals surface area contributed by atoms with Crippen LogP contribution in [0, 0.1) is 10.8 Å². The van der Waals surface area contributed by atoms with Gasteiger partial charge in [-0.3, -0.25) is 0 Å². The van der Waals surface area contributed by atoms with Gasteiger partial charge < -0.3 is 0 Å². The van der Waals surface area contributed by atoms with Gasteiger partial charge in [0.05, 0.1) is 0 Å². The van der Waals surface area contributed by atoms with Gasteiger partial charge in [-0.1, -0.05) is 91.9 Å². The molecule has 0 heterocycles. The molecule has 0 aromatic heterocycles. The molecule has 3 aromatic rings. The lowest BCUT2D eigenvalue weighted by Crippen LogP contribution is -2.53. The molecule has 0 bridgehead atoms. The summed E-state index contributed by atoms with van der Waals surface area (Å²) in [6, 6.07) is 32.1. The molecule has 126 valence electrons. The zero-order valence-electron chi connectivity index (χ0n) is 15.1. The third-order valence-electron chi connectivity index (χ3n) is 8.96. The summed E-state index contributed by atoms with van der Waals surface area (Å²) in [5, 5.41) is 0. The van der Waals surface area contributed by atoms with E-state index < -0.39 is 0 Å². The second-order valence-electron chi connectivity index (χ2n) is 9.16. The topological polar surface area (TPSA) is 0 Å². The van der Waals surface area contributed by atoms with Crippen LogP contribution in [0.25, 0.3) is 0 Å². The minimum Gasteiger partial charge on any atom is -0.0622 e. The lowest BCUT2D eigenvalue weighted by atomic mass is 9.46. The lowest BCUT2D eigenvalue weighted by Gasteiger charge is -2.56. The van der Waals surface area contributed by atoms with Gasteiger partial charge in [0, 0.05) is 16.2 Å². The van der Waals surface area contributed by atoms with Crippen molar-refractivity contribution < 1.29 is 0 Å². The van der Waals surface area contributed by atoms with Crippen LogP contribution < -0.4 is 0 Å². The summed E-state index contributed by atoms with van der Waals surface area (Å²) >= 11 is 0. The Morgan fingerprint density at radius 2 is 1.35 bits per heavy atom. The Bertz CT molecular complexity index is 1070. The summed E-state index contributed by atoms with van der Waals surface area (Å²) < 4.78 is 0. The van der Waals surface area contributed by atoms with E-state index in [1.165, 1.54) is 12.8 Å². The molecule has 1 spiro atoms. The Labute approximate surface area is 154 Å². The van der Waals surface area contributed by atoms with Crippen LogP contribution >= 0.6 is 0 Å². The minimum atomic E-state index is 0.333. The van der Waals surface area contributed by atoms with E-state index >= 15 is 0 Å². The third kappa shape index (κ3) is 0.969. The molecule has 0 amide bonds. The Balaban J connectivity index is 1.52. The van der Waals surface area contributed by atoms with E-state index in [4.69, 9.17) is 0 Å². The van der Waals surface area contributed by atoms with E-state index in [2.05, 4.69) is 91.9 Å². The van der Waals surface area contributed by atoms with Gasteiger partial charge in [0.15, 0.2) is 0 Å². The Hall–Kier alpha value is -2.34. The van der Waals surface area contributed by atoms with Crippen LogP contribution in [0.15, 0.2) is 84.9 Å². The second kappa shape index (κ2) is 3.83. The van der Waals surface area contributed by atoms with Crippen molar-refractivity contribution in [3.05, 3.63) is 107 Å². The molecule has 3 saturated carbocycles. The number of hydrogen-bond donors (Lipinski definition) is 0. The van der Waals surface area contributed by atoms with Crippen molar-refractivity contribution in [1.82, 2.24) is 0 Å². The van der Waals surface area contributed by atoms with E-state index in [0.29, 0.717) is 21.7 Å². The molecule has 0 radical (unpaired) electrons. The maximum absolute atomic E-state index is 2.59. The fraction of sp³-hybridized carbons (Fsp3) is 0.308. The molecule has 4 aliphatic carbocycles. The predicted octanol–water partition coefficient (Wildman–Crippen LogP) is 5.63. The van der Waals surface area contributed by atoms with Crippen LogP contribution in [0.1, 0.15) is 41.5 Å². The summed E-state index contributed by atoms with van der Waals surface area (Å²) in [6.07, 6.45) is 2.56. The highest BCUT2D eigenvalue weighted by Gasteiger charge is 3.16. The summed E-state index contributed by atoms with van der Waals surface area (Å²) in [5.41, 5.74) is 7.98. The number of hydrogen-bond acceptors (Lipinski definition) is 0. The molecule has 0 unspecified atom stereocenters. The average Bonchev–Trinajstić information content (AvgIpc) is 3.40. The van der Waals surface area contributed by atoms with E-state index in [-0.39, 0.29) is 0 Å². The number of benzene rings is 3. The van der Waals surface area contributed by atoms with Crippen molar-refractivity contribution in [2.24, 2.45) is 10.8 Å². The van der Waals surface area contributed by atoms with Gasteiger partial charge in [0.2, 0.25) is 0 Å². The van der Waals surface area contributed by atoms with E-state index in [1.807, 2.05) is 0 Å². The molecule has 7 rings (SSSR count). The number of fused-ring (bicyclic) bond motifs is 4. The molecule has 0 N–H and O–H groups in total. The Morgan fingerprint density at radius 3 is 2.08 bits per heavy atom. The highest BCUT2D eigenvalue weighted by atomic mass is 15.2. The summed E-state index contributed by atoms with van der Waals surface area (Å²) in [5.74, 6) is 0.734. The first kappa shape index (κ1) is 13.8. The monoisotopic (exact) mass is 334 g/mol. The van der Waals surface area contributed by atoms with E-state index in [9.17, 15) is 0 Å². The first-order valence-corrected chi connectivity index (χ1v) is 9.94. The van der Waals surface area contributed by atoms with Crippen LogP contribution in [-0.2, 0) is 17.3 Å². The van der Waals surface area contributed by atoms with Gasteiger partial charge in [-0.15, -0.1) is 0 Å². The molecular formula is C26H22. The molecular weight excluding hydrogens is 312 g/mol. The highest BCUT2D eigenvalue weighted by molar-refractivity contribution is 5.82. The van der Waals surface area contributed by atoms with Crippen LogP contribution in [0.5, 0.6) is 0 Å². The summed E-state index contributed by atoms with van der Waals surface area (Å²) in [7, 11) is 0. The Morgan fingerprint density at radius 1 is 0.731 bits per heavy atom. The highest BCUT2D eigenvalue weighted by Crippen LogP contribution is 3.15. The summed E-state index contributed by atoms with van der Waals surface area (Å²) in [4.78, 5) is 0. The molecule has 5 atom stereocenters. The quantitative estimate of drug-likeness (QED) is 0.570. The maximum atomic E-state index is 2.59. The smallest absolute Gasteiger partial charge is 0.0196 e. The van der Waals surface area contributed by atoms with Gasteiger partial charge in [-0.2, -0.15) is 0 Å². The van der Waals surface area contributed by atoms with Crippen molar-refractivity contribution in [3.63, 3.8) is 0 Å². The lowest BCUT2D eigenvalue weighted by molar-refractivity contribution is 0.0607. The fourth-order valence-electron chi connectivity index (χ4n) is 8.73. The molecule has 4 aliphatic rings. The van der Waals surface area contributed by atoms with Gasteiger partial charge in [0.1, 0.15) is 0 Å². The molecule has 26 heavy (non-hydrogen) atoms. The molecule has 0 saturated heterocycles. The summed E-state index contributed by atoms with van der Waals surface area (Å²) in [6.45, 7) is 2.59. The standard InChI is InChI=1S/C26H22/c1-23-16-18-10-8-9-15-21(18)22-17-24(19-11-4-2-5-12-19)25(23,26(22,23)24)20-13-6-3-7-14-20/h2-15,22H,16-17H2,1H3/t22-,23-,24-,25-,26+/m0/s1. The van der Waals surface area contributed by atoms with Crippen LogP contribution in [0.2, 0.25) is 0 Å². The van der Waals surface area contributed by atoms with Gasteiger partial charge in [0.25, 0.3) is 0 Å². The maximum Gasteiger partial charge on any atom is 0.0196 e. The second-order valence-corrected chi connectivity index (χ2v) is 9.16. The van der Waals surface area contributed by atoms with Crippen molar-refractivity contribution in [2.45, 2.75) is 36.5 Å². The third-order valence-corrected chi connectivity index (χ3v) is 8.96. The zero-order chi connectivity index (χ0) is 17.2. The van der Waals surface area contributed by atoms with Crippen LogP contribution in [0.3, 0.4) is 0 Å². The average molecular weight is 334 g/mol. The fourth-order valence-corrected chi connectivity index (χ4v) is 8.73. The van der Waals surface area contributed by atoms with E-state index in [0.717, 1.165) is 5.92 Å². The molecule has 0 aliphatic heterocycles. The largest absolute Gasteiger partial charge is 0.0622 e. The molecule has 3 aromatic carbocycles. The van der Waals surface area contributed by atoms with Crippen molar-refractivity contribution in [2.75, 3.05) is 0 Å². The Kier molecular flexibility index (Phi) is 2.04. The molecule has 3 fully saturated rings. The normalized spacial score (nSPS) is 42.7.